The summed E-state index contributed by atoms with van der Waals surface area (Å²) >= 11 is 0. The monoisotopic (exact) mass is 396 g/mol. The molecule has 1 aromatic rings. The van der Waals surface area contributed by atoms with Crippen molar-refractivity contribution in [3.8, 4) is 0 Å². The van der Waals surface area contributed by atoms with Crippen molar-refractivity contribution in [2.24, 2.45) is 0 Å². The summed E-state index contributed by atoms with van der Waals surface area (Å²) in [5, 5.41) is 3.47. The molecule has 7 nitrogen and oxygen atoms in total. The molecule has 0 aliphatic carbocycles. The minimum Gasteiger partial charge on any atom is -0.385 e. The van der Waals surface area contributed by atoms with Crippen LogP contribution in [0.2, 0.25) is 0 Å². The van der Waals surface area contributed by atoms with Crippen LogP contribution in [0.5, 0.6) is 0 Å². The maximum Gasteiger partial charge on any atom is 0.0893 e. The largest absolute Gasteiger partial charge is 0.385 e. The third kappa shape index (κ3) is 9.80. The van der Waals surface area contributed by atoms with Gasteiger partial charge in [-0.05, 0) is 32.4 Å². The first kappa shape index (κ1) is 23.0. The van der Waals surface area contributed by atoms with Crippen LogP contribution in [0, 0.1) is 0 Å². The van der Waals surface area contributed by atoms with Crippen molar-refractivity contribution >= 4 is 5.69 Å². The molecule has 2 rings (SSSR count). The highest BCUT2D eigenvalue weighted by Gasteiger charge is 2.10. The van der Waals surface area contributed by atoms with E-state index in [1.807, 2.05) is 26.0 Å². The van der Waals surface area contributed by atoms with Crippen molar-refractivity contribution in [2.75, 3.05) is 51.5 Å². The molecule has 7 heteroatoms. The number of ether oxygens (including phenoxy) is 5. The van der Waals surface area contributed by atoms with E-state index < -0.39 is 0 Å². The molecule has 0 aromatic carbocycles. The molecule has 0 saturated heterocycles. The quantitative estimate of drug-likeness (QED) is 0.784. The summed E-state index contributed by atoms with van der Waals surface area (Å²) < 4.78 is 28.5. The molecule has 0 fully saturated rings. The highest BCUT2D eigenvalue weighted by molar-refractivity contribution is 5.45. The minimum absolute atomic E-state index is 0.0135. The topological polar surface area (TPSA) is 71.1 Å². The predicted octanol–water partition coefficient (Wildman–Crippen LogP) is 3.17. The summed E-state index contributed by atoms with van der Waals surface area (Å²) in [4.78, 5) is 4.70. The van der Waals surface area contributed by atoms with E-state index in [0.717, 1.165) is 36.5 Å². The van der Waals surface area contributed by atoms with Gasteiger partial charge in [0.15, 0.2) is 0 Å². The maximum absolute atomic E-state index is 5.91. The molecule has 2 heterocycles. The molecule has 0 radical (unpaired) electrons. The molecule has 1 aromatic heterocycles. The van der Waals surface area contributed by atoms with E-state index in [1.54, 1.807) is 0 Å². The third-order valence-corrected chi connectivity index (χ3v) is 4.27. The van der Waals surface area contributed by atoms with Crippen molar-refractivity contribution < 1.29 is 23.7 Å². The molecule has 0 saturated carbocycles. The SMILES string of the molecule is CCCCNc1cc2nc(c1)CO[C@@H](C)COCCOCCOC[C@H](C)OC2. The van der Waals surface area contributed by atoms with Crippen LogP contribution >= 0.6 is 0 Å². The van der Waals surface area contributed by atoms with Crippen LogP contribution in [0.25, 0.3) is 0 Å². The average Bonchev–Trinajstić information content (AvgIpc) is 2.69. The predicted molar refractivity (Wildman–Crippen MR) is 109 cm³/mol. The Balaban J connectivity index is 2.02. The van der Waals surface area contributed by atoms with Gasteiger partial charge in [-0.1, -0.05) is 13.3 Å². The Morgan fingerprint density at radius 2 is 1.43 bits per heavy atom. The lowest BCUT2D eigenvalue weighted by Crippen LogP contribution is -2.21. The number of rotatable bonds is 4. The molecule has 0 unspecified atom stereocenters. The average molecular weight is 397 g/mol. The Morgan fingerprint density at radius 1 is 0.893 bits per heavy atom. The molecule has 1 aliphatic heterocycles. The zero-order valence-corrected chi connectivity index (χ0v) is 17.6. The second-order valence-corrected chi connectivity index (χ2v) is 7.12. The van der Waals surface area contributed by atoms with Crippen molar-refractivity contribution in [1.82, 2.24) is 4.98 Å². The normalized spacial score (nSPS) is 23.5. The highest BCUT2D eigenvalue weighted by Crippen LogP contribution is 2.15. The molecule has 1 aliphatic rings. The lowest BCUT2D eigenvalue weighted by Gasteiger charge is -2.17. The number of fused-ring (bicyclic) bond motifs is 2. The van der Waals surface area contributed by atoms with Gasteiger partial charge in [0.2, 0.25) is 0 Å². The summed E-state index contributed by atoms with van der Waals surface area (Å²) in [6.45, 7) is 11.3. The van der Waals surface area contributed by atoms with E-state index >= 15 is 0 Å². The zero-order valence-electron chi connectivity index (χ0n) is 17.6. The first-order valence-electron chi connectivity index (χ1n) is 10.4. The lowest BCUT2D eigenvalue weighted by molar-refractivity contribution is -0.0480. The first-order valence-corrected chi connectivity index (χ1v) is 10.4. The smallest absolute Gasteiger partial charge is 0.0893 e. The fourth-order valence-corrected chi connectivity index (χ4v) is 2.70. The summed E-state index contributed by atoms with van der Waals surface area (Å²) in [5.41, 5.74) is 2.83. The van der Waals surface area contributed by atoms with E-state index in [9.17, 15) is 0 Å². The fourth-order valence-electron chi connectivity index (χ4n) is 2.70. The van der Waals surface area contributed by atoms with Crippen molar-refractivity contribution in [3.63, 3.8) is 0 Å². The number of nitrogens with one attached hydrogen (secondary N) is 1. The Kier molecular flexibility index (Phi) is 11.4. The number of anilines is 1. The van der Waals surface area contributed by atoms with Crippen LogP contribution in [-0.2, 0) is 36.9 Å². The van der Waals surface area contributed by atoms with E-state index in [-0.39, 0.29) is 12.2 Å². The van der Waals surface area contributed by atoms with Gasteiger partial charge in [-0.3, -0.25) is 4.98 Å². The fraction of sp³-hybridized carbons (Fsp3) is 0.762. The third-order valence-electron chi connectivity index (χ3n) is 4.27. The van der Waals surface area contributed by atoms with E-state index in [0.29, 0.717) is 52.9 Å². The van der Waals surface area contributed by atoms with E-state index in [4.69, 9.17) is 28.7 Å². The first-order chi connectivity index (χ1) is 13.7. The molecule has 1 N–H and O–H groups in total. The summed E-state index contributed by atoms with van der Waals surface area (Å²) in [6.07, 6.45) is 2.26. The molecule has 2 bridgehead atoms. The number of hydrogen-bond donors (Lipinski definition) is 1. The Morgan fingerprint density at radius 3 is 1.96 bits per heavy atom. The molecule has 0 amide bonds. The number of hydrogen-bond acceptors (Lipinski definition) is 7. The van der Waals surface area contributed by atoms with Crippen LogP contribution in [0.15, 0.2) is 12.1 Å². The second-order valence-electron chi connectivity index (χ2n) is 7.12. The van der Waals surface area contributed by atoms with Crippen LogP contribution in [-0.4, -0.2) is 63.4 Å². The van der Waals surface area contributed by atoms with E-state index in [2.05, 4.69) is 12.2 Å². The standard InChI is InChI=1S/C21H36N2O5/c1-4-5-6-22-19-11-20-15-27-17(2)13-25-9-7-24-8-10-26-14-18(3)28-16-21(12-19)23-20/h11-12,17-18H,4-10,13-16H2,1-3H3,(H,22,23)/t17-,18-/m0/s1. The zero-order chi connectivity index (χ0) is 20.0. The van der Waals surface area contributed by atoms with Gasteiger partial charge in [-0.25, -0.2) is 0 Å². The van der Waals surface area contributed by atoms with Crippen molar-refractivity contribution in [1.29, 1.82) is 0 Å². The second kappa shape index (κ2) is 13.8. The molecule has 2 atom stereocenters. The van der Waals surface area contributed by atoms with Gasteiger partial charge < -0.3 is 29.0 Å². The van der Waals surface area contributed by atoms with Gasteiger partial charge in [0.1, 0.15) is 0 Å². The molecule has 160 valence electrons. The molecule has 28 heavy (non-hydrogen) atoms. The van der Waals surface area contributed by atoms with Gasteiger partial charge in [0.05, 0.1) is 76.5 Å². The summed E-state index contributed by atoms with van der Waals surface area (Å²) in [7, 11) is 0. The van der Waals surface area contributed by atoms with Crippen LogP contribution in [0.1, 0.15) is 45.0 Å². The van der Waals surface area contributed by atoms with Crippen molar-refractivity contribution in [3.05, 3.63) is 23.5 Å². The van der Waals surface area contributed by atoms with Gasteiger partial charge >= 0.3 is 0 Å². The van der Waals surface area contributed by atoms with E-state index in [1.165, 1.54) is 0 Å². The van der Waals surface area contributed by atoms with Crippen molar-refractivity contribution in [2.45, 2.75) is 59.0 Å². The number of nitrogens with zero attached hydrogens (tertiary/aromatic N) is 1. The number of unbranched alkanes of at least 4 members (excludes halogenated alkanes) is 1. The Bertz CT molecular complexity index is 505. The van der Waals surface area contributed by atoms with Gasteiger partial charge in [0, 0.05) is 12.2 Å². The van der Waals surface area contributed by atoms with Crippen LogP contribution < -0.4 is 5.32 Å². The lowest BCUT2D eigenvalue weighted by atomic mass is 10.2. The van der Waals surface area contributed by atoms with Gasteiger partial charge in [-0.2, -0.15) is 0 Å². The number of pyridine rings is 1. The molecular formula is C21H36N2O5. The van der Waals surface area contributed by atoms with Gasteiger partial charge in [0.25, 0.3) is 0 Å². The van der Waals surface area contributed by atoms with Crippen LogP contribution in [0.3, 0.4) is 0 Å². The minimum atomic E-state index is -0.0135. The highest BCUT2D eigenvalue weighted by atomic mass is 16.6. The summed E-state index contributed by atoms with van der Waals surface area (Å²) in [5.74, 6) is 0. The van der Waals surface area contributed by atoms with Crippen LogP contribution in [0.4, 0.5) is 5.69 Å². The maximum atomic E-state index is 5.91. The Labute approximate surface area is 169 Å². The molecule has 0 spiro atoms. The Hall–Kier alpha value is -1.25. The number of aromatic nitrogens is 1. The molecular weight excluding hydrogens is 360 g/mol. The summed E-state index contributed by atoms with van der Waals surface area (Å²) in [6, 6.07) is 4.09. The van der Waals surface area contributed by atoms with Gasteiger partial charge in [-0.15, -0.1) is 0 Å².